The van der Waals surface area contributed by atoms with E-state index in [1.165, 1.54) is 6.07 Å². The Morgan fingerprint density at radius 3 is 2.62 bits per heavy atom. The smallest absolute Gasteiger partial charge is 0.364 e. The van der Waals surface area contributed by atoms with Crippen molar-refractivity contribution in [1.82, 2.24) is 9.97 Å². The Morgan fingerprint density at radius 1 is 1.09 bits per heavy atom. The van der Waals surface area contributed by atoms with Gasteiger partial charge in [-0.2, -0.15) is 28.4 Å². The van der Waals surface area contributed by atoms with Gasteiger partial charge in [0.1, 0.15) is 11.8 Å². The largest absolute Gasteiger partial charge is 0.416 e. The molecule has 0 atom stereocenters. The van der Waals surface area contributed by atoms with Gasteiger partial charge in [-0.05, 0) is 35.4 Å². The van der Waals surface area contributed by atoms with Gasteiger partial charge in [0.2, 0.25) is 5.82 Å². The lowest BCUT2D eigenvalue weighted by atomic mass is 10.1. The number of aromatic nitrogens is 2. The zero-order chi connectivity index (χ0) is 22.9. The van der Waals surface area contributed by atoms with Crippen LogP contribution in [-0.4, -0.2) is 16.6 Å². The molecule has 11 heteroatoms. The number of benzene rings is 2. The van der Waals surface area contributed by atoms with Crippen molar-refractivity contribution in [3.05, 3.63) is 75.0 Å². The summed E-state index contributed by atoms with van der Waals surface area (Å²) in [6, 6.07) is 12.2. The third kappa shape index (κ3) is 4.66. The molecule has 32 heavy (non-hydrogen) atoms. The predicted octanol–water partition coefficient (Wildman–Crippen LogP) is 5.68. The SMILES string of the molecule is N#Cc1nc(NCc2ccc(Cl)c(Cl)c2)c2c(n1)N(Cc1cccc(C(F)(F)F)c1)CN2. The van der Waals surface area contributed by atoms with Gasteiger partial charge in [0, 0.05) is 13.1 Å². The second kappa shape index (κ2) is 8.73. The maximum absolute atomic E-state index is 13.0. The third-order valence-corrected chi connectivity index (χ3v) is 5.55. The van der Waals surface area contributed by atoms with Crippen LogP contribution >= 0.6 is 23.2 Å². The van der Waals surface area contributed by atoms with Crippen molar-refractivity contribution < 1.29 is 13.2 Å². The molecule has 2 heterocycles. The fraction of sp³-hybridized carbons (Fsp3) is 0.190. The van der Waals surface area contributed by atoms with Crippen LogP contribution in [0.25, 0.3) is 0 Å². The van der Waals surface area contributed by atoms with E-state index in [1.807, 2.05) is 6.07 Å². The highest BCUT2D eigenvalue weighted by atomic mass is 35.5. The third-order valence-electron chi connectivity index (χ3n) is 4.81. The highest BCUT2D eigenvalue weighted by Crippen LogP contribution is 2.37. The van der Waals surface area contributed by atoms with Gasteiger partial charge in [-0.1, -0.05) is 41.4 Å². The van der Waals surface area contributed by atoms with Gasteiger partial charge in [-0.25, -0.2) is 0 Å². The molecule has 0 amide bonds. The van der Waals surface area contributed by atoms with Crippen molar-refractivity contribution in [2.24, 2.45) is 0 Å². The number of hydrogen-bond acceptors (Lipinski definition) is 6. The van der Waals surface area contributed by atoms with Crippen molar-refractivity contribution in [1.29, 1.82) is 5.26 Å². The average molecular weight is 479 g/mol. The number of hydrogen-bond donors (Lipinski definition) is 2. The van der Waals surface area contributed by atoms with Crippen molar-refractivity contribution in [2.45, 2.75) is 19.3 Å². The maximum Gasteiger partial charge on any atom is 0.416 e. The number of anilines is 3. The van der Waals surface area contributed by atoms with E-state index < -0.39 is 11.7 Å². The van der Waals surface area contributed by atoms with Gasteiger partial charge in [-0.3, -0.25) is 0 Å². The van der Waals surface area contributed by atoms with Crippen molar-refractivity contribution in [2.75, 3.05) is 22.2 Å². The standard InChI is InChI=1S/C21H15Cl2F3N6/c22-15-5-4-12(7-16(15)23)9-28-19-18-20(31-17(8-27)30-19)32(11-29-18)10-13-2-1-3-14(6-13)21(24,25)26/h1-7,29H,9-11H2,(H,28,30,31). The molecule has 6 nitrogen and oxygen atoms in total. The Kier molecular flexibility index (Phi) is 6.00. The molecule has 0 bridgehead atoms. The van der Waals surface area contributed by atoms with E-state index >= 15 is 0 Å². The fourth-order valence-corrected chi connectivity index (χ4v) is 3.62. The number of alkyl halides is 3. The first-order valence-corrected chi connectivity index (χ1v) is 10.1. The first-order valence-electron chi connectivity index (χ1n) is 9.39. The summed E-state index contributed by atoms with van der Waals surface area (Å²) in [5.41, 5.74) is 1.17. The van der Waals surface area contributed by atoms with Gasteiger partial charge in [0.05, 0.1) is 22.3 Å². The fourth-order valence-electron chi connectivity index (χ4n) is 3.30. The minimum absolute atomic E-state index is 0.0573. The average Bonchev–Trinajstić information content (AvgIpc) is 3.16. The van der Waals surface area contributed by atoms with Crippen LogP contribution in [0.15, 0.2) is 42.5 Å². The Morgan fingerprint density at radius 2 is 1.91 bits per heavy atom. The van der Waals surface area contributed by atoms with Crippen LogP contribution < -0.4 is 15.5 Å². The van der Waals surface area contributed by atoms with Crippen LogP contribution in [0.4, 0.5) is 30.5 Å². The second-order valence-corrected chi connectivity index (χ2v) is 7.85. The molecule has 2 aromatic carbocycles. The molecular weight excluding hydrogens is 464 g/mol. The summed E-state index contributed by atoms with van der Waals surface area (Å²) >= 11 is 12.0. The highest BCUT2D eigenvalue weighted by molar-refractivity contribution is 6.42. The predicted molar refractivity (Wildman–Crippen MR) is 117 cm³/mol. The second-order valence-electron chi connectivity index (χ2n) is 7.04. The van der Waals surface area contributed by atoms with Crippen molar-refractivity contribution >= 4 is 40.5 Å². The molecule has 1 aliphatic rings. The quantitative estimate of drug-likeness (QED) is 0.491. The summed E-state index contributed by atoms with van der Waals surface area (Å²) in [6.07, 6.45) is -4.42. The zero-order valence-corrected chi connectivity index (χ0v) is 17.9. The molecule has 0 spiro atoms. The Bertz CT molecular complexity index is 1210. The van der Waals surface area contributed by atoms with Crippen LogP contribution in [0.3, 0.4) is 0 Å². The molecule has 0 fully saturated rings. The highest BCUT2D eigenvalue weighted by Gasteiger charge is 2.31. The molecule has 1 aliphatic heterocycles. The molecule has 164 valence electrons. The summed E-state index contributed by atoms with van der Waals surface area (Å²) in [6.45, 7) is 0.842. The molecule has 2 N–H and O–H groups in total. The normalized spacial score (nSPS) is 12.8. The number of nitrogens with one attached hydrogen (secondary N) is 2. The lowest BCUT2D eigenvalue weighted by Gasteiger charge is -2.18. The van der Waals surface area contributed by atoms with Gasteiger partial charge in [0.25, 0.3) is 0 Å². The van der Waals surface area contributed by atoms with Gasteiger partial charge in [-0.15, -0.1) is 0 Å². The Hall–Kier alpha value is -3.22. The van der Waals surface area contributed by atoms with E-state index in [-0.39, 0.29) is 12.4 Å². The van der Waals surface area contributed by atoms with Gasteiger partial charge < -0.3 is 15.5 Å². The lowest BCUT2D eigenvalue weighted by molar-refractivity contribution is -0.137. The monoisotopic (exact) mass is 478 g/mol. The van der Waals surface area contributed by atoms with Crippen LogP contribution in [0.1, 0.15) is 22.5 Å². The summed E-state index contributed by atoms with van der Waals surface area (Å²) in [5, 5.41) is 16.5. The minimum atomic E-state index is -4.42. The van der Waals surface area contributed by atoms with E-state index in [0.29, 0.717) is 46.1 Å². The topological polar surface area (TPSA) is 76.9 Å². The first kappa shape index (κ1) is 22.0. The molecule has 1 aromatic heterocycles. The van der Waals surface area contributed by atoms with Gasteiger partial charge >= 0.3 is 6.18 Å². The van der Waals surface area contributed by atoms with E-state index in [1.54, 1.807) is 29.2 Å². The van der Waals surface area contributed by atoms with Crippen molar-refractivity contribution in [3.8, 4) is 6.07 Å². The van der Waals surface area contributed by atoms with Crippen LogP contribution in [0.2, 0.25) is 10.0 Å². The molecule has 3 aromatic rings. The van der Waals surface area contributed by atoms with E-state index in [4.69, 9.17) is 23.2 Å². The molecule has 0 saturated heterocycles. The number of halogens is 5. The molecule has 0 radical (unpaired) electrons. The first-order chi connectivity index (χ1) is 15.2. The summed E-state index contributed by atoms with van der Waals surface area (Å²) in [7, 11) is 0. The van der Waals surface area contributed by atoms with Crippen LogP contribution in [0, 0.1) is 11.3 Å². The van der Waals surface area contributed by atoms with Crippen molar-refractivity contribution in [3.63, 3.8) is 0 Å². The van der Waals surface area contributed by atoms with Crippen LogP contribution in [0.5, 0.6) is 0 Å². The van der Waals surface area contributed by atoms with E-state index in [2.05, 4.69) is 20.6 Å². The van der Waals surface area contributed by atoms with E-state index in [0.717, 1.165) is 17.7 Å². The summed E-state index contributed by atoms with van der Waals surface area (Å²) in [4.78, 5) is 10.2. The number of rotatable bonds is 5. The lowest BCUT2D eigenvalue weighted by Crippen LogP contribution is -2.23. The summed E-state index contributed by atoms with van der Waals surface area (Å²) in [5.74, 6) is 0.785. The number of nitriles is 1. The molecule has 0 aliphatic carbocycles. The van der Waals surface area contributed by atoms with E-state index in [9.17, 15) is 18.4 Å². The maximum atomic E-state index is 13.0. The number of fused-ring (bicyclic) bond motifs is 1. The Balaban J connectivity index is 1.58. The number of nitrogens with zero attached hydrogens (tertiary/aromatic N) is 4. The molecular formula is C21H15Cl2F3N6. The molecule has 4 rings (SSSR count). The van der Waals surface area contributed by atoms with Crippen LogP contribution in [-0.2, 0) is 19.3 Å². The van der Waals surface area contributed by atoms with Gasteiger partial charge in [0.15, 0.2) is 11.6 Å². The summed E-state index contributed by atoms with van der Waals surface area (Å²) < 4.78 is 39.1. The Labute approximate surface area is 191 Å². The minimum Gasteiger partial charge on any atom is -0.364 e. The zero-order valence-electron chi connectivity index (χ0n) is 16.3. The molecule has 0 unspecified atom stereocenters. The molecule has 0 saturated carbocycles.